The number of hydrogen-bond donors (Lipinski definition) is 1. The number of carbonyl (C=O) groups is 1. The average molecular weight is 226 g/mol. The van der Waals surface area contributed by atoms with Crippen LogP contribution in [0.5, 0.6) is 0 Å². The molecule has 0 bridgehead atoms. The van der Waals surface area contributed by atoms with Gasteiger partial charge in [0.25, 0.3) is 0 Å². The van der Waals surface area contributed by atoms with Crippen LogP contribution in [0, 0.1) is 0 Å². The Balaban J connectivity index is 2.84. The van der Waals surface area contributed by atoms with E-state index in [1.165, 1.54) is 7.11 Å². The van der Waals surface area contributed by atoms with Gasteiger partial charge in [0.1, 0.15) is 0 Å². The van der Waals surface area contributed by atoms with E-state index in [-0.39, 0.29) is 5.24 Å². The average Bonchev–Trinajstić information content (AvgIpc) is 2.26. The molecular weight excluding hydrogens is 216 g/mol. The maximum absolute atomic E-state index is 10.9. The van der Waals surface area contributed by atoms with Gasteiger partial charge in [-0.15, -0.1) is 0 Å². The zero-order valence-electron chi connectivity index (χ0n) is 8.04. The Hall–Kier alpha value is -1.62. The molecule has 1 unspecified atom stereocenters. The van der Waals surface area contributed by atoms with E-state index in [1.54, 1.807) is 30.3 Å². The second kappa shape index (κ2) is 5.31. The highest BCUT2D eigenvalue weighted by Crippen LogP contribution is 2.17. The molecular formula is C10H10O4S. The molecule has 1 aromatic carbocycles. The quantitative estimate of drug-likeness (QED) is 0.796. The smallest absolute Gasteiger partial charge is 0.353 e. The number of thiocarbonyl (C=S) groups is 1. The Labute approximate surface area is 92.4 Å². The minimum atomic E-state index is -1.13. The lowest BCUT2D eigenvalue weighted by Gasteiger charge is -2.14. The lowest BCUT2D eigenvalue weighted by atomic mass is 10.1. The van der Waals surface area contributed by atoms with Crippen LogP contribution in [-0.2, 0) is 14.3 Å². The number of rotatable bonds is 3. The summed E-state index contributed by atoms with van der Waals surface area (Å²) in [4.78, 5) is 10.9. The van der Waals surface area contributed by atoms with Crippen LogP contribution in [0.3, 0.4) is 0 Å². The second-order valence-corrected chi connectivity index (χ2v) is 3.03. The number of hydrogen-bond acceptors (Lipinski definition) is 4. The van der Waals surface area contributed by atoms with Crippen molar-refractivity contribution in [2.45, 2.75) is 6.10 Å². The van der Waals surface area contributed by atoms with Gasteiger partial charge in [-0.25, -0.2) is 4.79 Å². The molecule has 0 saturated heterocycles. The lowest BCUT2D eigenvalue weighted by molar-refractivity contribution is -0.146. The summed E-state index contributed by atoms with van der Waals surface area (Å²) in [6.45, 7) is 0. The molecule has 1 rings (SSSR count). The predicted molar refractivity (Wildman–Crippen MR) is 57.5 cm³/mol. The number of carboxylic acids is 1. The highest BCUT2D eigenvalue weighted by molar-refractivity contribution is 7.79. The molecule has 0 heterocycles. The fourth-order valence-electron chi connectivity index (χ4n) is 1.03. The van der Waals surface area contributed by atoms with Crippen LogP contribution in [0.15, 0.2) is 30.3 Å². The number of ether oxygens (including phenoxy) is 2. The van der Waals surface area contributed by atoms with E-state index in [9.17, 15) is 4.79 Å². The molecule has 0 aliphatic rings. The molecule has 4 nitrogen and oxygen atoms in total. The summed E-state index contributed by atoms with van der Waals surface area (Å²) in [5.74, 6) is -1.11. The van der Waals surface area contributed by atoms with Crippen molar-refractivity contribution in [2.75, 3.05) is 7.11 Å². The molecule has 0 aliphatic heterocycles. The van der Waals surface area contributed by atoms with Gasteiger partial charge in [0.05, 0.1) is 7.11 Å². The molecule has 0 saturated carbocycles. The highest BCUT2D eigenvalue weighted by atomic mass is 32.1. The molecule has 1 N–H and O–H groups in total. The molecule has 0 aromatic heterocycles. The fraction of sp³-hybridized carbons (Fsp3) is 0.200. The molecule has 1 aromatic rings. The number of benzene rings is 1. The first-order chi connectivity index (χ1) is 7.15. The number of carboxylic acid groups (broad SMARTS) is 1. The first-order valence-electron chi connectivity index (χ1n) is 4.17. The fourth-order valence-corrected chi connectivity index (χ4v) is 1.13. The molecule has 0 spiro atoms. The van der Waals surface area contributed by atoms with Gasteiger partial charge in [-0.3, -0.25) is 0 Å². The lowest BCUT2D eigenvalue weighted by Crippen LogP contribution is -2.19. The van der Waals surface area contributed by atoms with Gasteiger partial charge in [-0.05, 0) is 0 Å². The summed E-state index contributed by atoms with van der Waals surface area (Å²) >= 11 is 4.64. The van der Waals surface area contributed by atoms with E-state index < -0.39 is 12.1 Å². The van der Waals surface area contributed by atoms with Crippen LogP contribution in [0.1, 0.15) is 11.7 Å². The molecule has 5 heteroatoms. The second-order valence-electron chi connectivity index (χ2n) is 2.70. The van der Waals surface area contributed by atoms with E-state index in [1.807, 2.05) is 0 Å². The largest absolute Gasteiger partial charge is 0.478 e. The van der Waals surface area contributed by atoms with Crippen LogP contribution in [0.25, 0.3) is 0 Å². The Bertz CT molecular complexity index is 350. The van der Waals surface area contributed by atoms with E-state index in [0.717, 1.165) is 0 Å². The maximum Gasteiger partial charge on any atom is 0.353 e. The topological polar surface area (TPSA) is 55.8 Å². The van der Waals surface area contributed by atoms with Gasteiger partial charge >= 0.3 is 11.2 Å². The van der Waals surface area contributed by atoms with Crippen molar-refractivity contribution in [2.24, 2.45) is 0 Å². The normalized spacial score (nSPS) is 11.5. The van der Waals surface area contributed by atoms with E-state index in [0.29, 0.717) is 5.56 Å². The summed E-state index contributed by atoms with van der Waals surface area (Å²) in [7, 11) is 1.33. The monoisotopic (exact) mass is 226 g/mol. The zero-order valence-corrected chi connectivity index (χ0v) is 8.86. The summed E-state index contributed by atoms with van der Waals surface area (Å²) in [6, 6.07) is 8.54. The van der Waals surface area contributed by atoms with Crippen LogP contribution in [0.4, 0.5) is 0 Å². The van der Waals surface area contributed by atoms with Crippen molar-refractivity contribution in [1.29, 1.82) is 0 Å². The number of aliphatic carboxylic acids is 1. The van der Waals surface area contributed by atoms with E-state index >= 15 is 0 Å². The molecule has 0 amide bonds. The van der Waals surface area contributed by atoms with Crippen LogP contribution in [0.2, 0.25) is 0 Å². The maximum atomic E-state index is 10.9. The van der Waals surface area contributed by atoms with Gasteiger partial charge in [0.2, 0.25) is 6.10 Å². The zero-order chi connectivity index (χ0) is 11.3. The highest BCUT2D eigenvalue weighted by Gasteiger charge is 2.22. The van der Waals surface area contributed by atoms with Gasteiger partial charge in [-0.2, -0.15) is 0 Å². The Kier molecular flexibility index (Phi) is 4.05. The first-order valence-corrected chi connectivity index (χ1v) is 4.58. The molecule has 80 valence electrons. The standard InChI is InChI=1S/C10H10O4S/c1-13-10(15)14-8(9(11)12)7-5-3-2-4-6-7/h2-6,8H,1H3,(H,11,12). The minimum absolute atomic E-state index is 0.189. The van der Waals surface area contributed by atoms with Gasteiger partial charge in [0.15, 0.2) is 0 Å². The van der Waals surface area contributed by atoms with Crippen molar-refractivity contribution in [3.05, 3.63) is 35.9 Å². The SMILES string of the molecule is COC(=S)OC(C(=O)O)c1ccccc1. The predicted octanol–water partition coefficient (Wildman–Crippen LogP) is 1.76. The summed E-state index contributed by atoms with van der Waals surface area (Å²) in [5.41, 5.74) is 0.518. The van der Waals surface area contributed by atoms with Gasteiger partial charge in [-0.1, -0.05) is 30.3 Å². The molecule has 0 radical (unpaired) electrons. The minimum Gasteiger partial charge on any atom is -0.478 e. The first kappa shape index (κ1) is 11.5. The van der Waals surface area contributed by atoms with E-state index in [2.05, 4.69) is 17.0 Å². The van der Waals surface area contributed by atoms with Crippen molar-refractivity contribution in [1.82, 2.24) is 0 Å². The van der Waals surface area contributed by atoms with Crippen molar-refractivity contribution < 1.29 is 19.4 Å². The van der Waals surface area contributed by atoms with Crippen LogP contribution in [-0.4, -0.2) is 23.4 Å². The molecule has 15 heavy (non-hydrogen) atoms. The van der Waals surface area contributed by atoms with Gasteiger partial charge in [0, 0.05) is 17.8 Å². The third-order valence-corrected chi connectivity index (χ3v) is 1.97. The third-order valence-electron chi connectivity index (χ3n) is 1.71. The van der Waals surface area contributed by atoms with Crippen molar-refractivity contribution in [3.8, 4) is 0 Å². The third kappa shape index (κ3) is 3.21. The molecule has 0 fully saturated rings. The molecule has 0 aliphatic carbocycles. The van der Waals surface area contributed by atoms with Crippen LogP contribution >= 0.6 is 12.2 Å². The van der Waals surface area contributed by atoms with Gasteiger partial charge < -0.3 is 14.6 Å². The van der Waals surface area contributed by atoms with Crippen molar-refractivity contribution in [3.63, 3.8) is 0 Å². The number of methoxy groups -OCH3 is 1. The van der Waals surface area contributed by atoms with Crippen LogP contribution < -0.4 is 0 Å². The van der Waals surface area contributed by atoms with E-state index in [4.69, 9.17) is 9.84 Å². The summed E-state index contributed by atoms with van der Waals surface area (Å²) in [6.07, 6.45) is -1.13. The van der Waals surface area contributed by atoms with Crippen molar-refractivity contribution >= 4 is 23.4 Å². The Morgan fingerprint density at radius 1 is 1.40 bits per heavy atom. The molecule has 1 atom stereocenters. The summed E-state index contributed by atoms with van der Waals surface area (Å²) < 4.78 is 9.56. The Morgan fingerprint density at radius 2 is 2.00 bits per heavy atom. The summed E-state index contributed by atoms with van der Waals surface area (Å²) in [5, 5.41) is 8.74. The Morgan fingerprint density at radius 3 is 2.47 bits per heavy atom.